The molecule has 1 heterocycles. The normalized spacial score (nSPS) is 15.1. The first-order valence-electron chi connectivity index (χ1n) is 9.21. The second kappa shape index (κ2) is 9.51. The Morgan fingerprint density at radius 3 is 2.70 bits per heavy atom. The zero-order chi connectivity index (χ0) is 21.7. The van der Waals surface area contributed by atoms with Gasteiger partial charge in [0, 0.05) is 24.3 Å². The summed E-state index contributed by atoms with van der Waals surface area (Å²) in [5.74, 6) is -1.37. The number of nitriles is 1. The van der Waals surface area contributed by atoms with E-state index in [-0.39, 0.29) is 0 Å². The first-order chi connectivity index (χ1) is 14.4. The number of nitrogens with zero attached hydrogens (tertiary/aromatic N) is 3. The van der Waals surface area contributed by atoms with Gasteiger partial charge >= 0.3 is 0 Å². The average molecular weight is 430 g/mol. The highest BCUT2D eigenvalue weighted by Gasteiger charge is 2.30. The monoisotopic (exact) mass is 429 g/mol. The van der Waals surface area contributed by atoms with Crippen LogP contribution in [0, 0.1) is 23.0 Å². The van der Waals surface area contributed by atoms with Gasteiger partial charge in [0.1, 0.15) is 17.4 Å². The molecular formula is C22H18ClF2N3O2. The van der Waals surface area contributed by atoms with Gasteiger partial charge < -0.3 is 4.74 Å². The third kappa shape index (κ3) is 5.02. The number of ether oxygens (including phenoxy) is 1. The van der Waals surface area contributed by atoms with E-state index < -0.39 is 23.6 Å². The molecule has 30 heavy (non-hydrogen) atoms. The summed E-state index contributed by atoms with van der Waals surface area (Å²) in [6.07, 6.45) is 2.75. The van der Waals surface area contributed by atoms with Crippen LogP contribution >= 0.6 is 11.6 Å². The van der Waals surface area contributed by atoms with Gasteiger partial charge in [-0.1, -0.05) is 18.2 Å². The summed E-state index contributed by atoms with van der Waals surface area (Å²) in [7, 11) is 0. The number of rotatable bonds is 7. The van der Waals surface area contributed by atoms with Gasteiger partial charge in [0.05, 0.1) is 29.3 Å². The van der Waals surface area contributed by atoms with Crippen molar-refractivity contribution < 1.29 is 18.3 Å². The molecule has 0 aliphatic carbocycles. The summed E-state index contributed by atoms with van der Waals surface area (Å²) >= 11 is 6.06. The second-order valence-corrected chi connectivity index (χ2v) is 7.12. The molecule has 2 aromatic rings. The molecule has 8 heteroatoms. The van der Waals surface area contributed by atoms with E-state index in [4.69, 9.17) is 21.6 Å². The minimum Gasteiger partial charge on any atom is -0.492 e. The molecule has 0 saturated heterocycles. The minimum atomic E-state index is -0.707. The van der Waals surface area contributed by atoms with Gasteiger partial charge in [0.25, 0.3) is 5.91 Å². The van der Waals surface area contributed by atoms with Crippen molar-refractivity contribution in [3.8, 4) is 11.8 Å². The van der Waals surface area contributed by atoms with Crippen molar-refractivity contribution in [2.24, 2.45) is 5.10 Å². The summed E-state index contributed by atoms with van der Waals surface area (Å²) in [4.78, 5) is 12.7. The van der Waals surface area contributed by atoms with Crippen molar-refractivity contribution in [1.29, 1.82) is 5.26 Å². The van der Waals surface area contributed by atoms with Gasteiger partial charge in [0.15, 0.2) is 0 Å². The molecule has 0 aromatic heterocycles. The van der Waals surface area contributed by atoms with Crippen molar-refractivity contribution >= 4 is 23.7 Å². The Hall–Kier alpha value is -3.24. The highest BCUT2D eigenvalue weighted by molar-refractivity contribution is 6.32. The lowest BCUT2D eigenvalue weighted by Gasteiger charge is -2.23. The van der Waals surface area contributed by atoms with E-state index in [1.165, 1.54) is 29.4 Å². The van der Waals surface area contributed by atoms with E-state index in [0.717, 1.165) is 6.07 Å². The van der Waals surface area contributed by atoms with Crippen molar-refractivity contribution in [1.82, 2.24) is 5.01 Å². The Morgan fingerprint density at radius 1 is 1.30 bits per heavy atom. The Balaban J connectivity index is 1.54. The molecule has 3 rings (SSSR count). The van der Waals surface area contributed by atoms with E-state index in [1.807, 2.05) is 6.07 Å². The lowest BCUT2D eigenvalue weighted by molar-refractivity contribution is -0.129. The highest BCUT2D eigenvalue weighted by Crippen LogP contribution is 2.31. The largest absolute Gasteiger partial charge is 0.492 e. The van der Waals surface area contributed by atoms with Crippen molar-refractivity contribution in [3.63, 3.8) is 0 Å². The lowest BCUT2D eigenvalue weighted by atomic mass is 10.0. The molecule has 0 N–H and O–H groups in total. The van der Waals surface area contributed by atoms with Crippen LogP contribution in [-0.2, 0) is 4.79 Å². The van der Waals surface area contributed by atoms with E-state index in [0.29, 0.717) is 53.3 Å². The fraction of sp³-hybridized carbons (Fsp3) is 0.227. The van der Waals surface area contributed by atoms with Crippen molar-refractivity contribution in [2.45, 2.75) is 25.3 Å². The minimum absolute atomic E-state index is 0.291. The van der Waals surface area contributed by atoms with Gasteiger partial charge in [-0.3, -0.25) is 4.79 Å². The van der Waals surface area contributed by atoms with Gasteiger partial charge in [-0.25, -0.2) is 13.8 Å². The number of benzene rings is 2. The molecule has 0 spiro atoms. The van der Waals surface area contributed by atoms with Crippen molar-refractivity contribution in [2.75, 3.05) is 6.61 Å². The van der Waals surface area contributed by atoms with Gasteiger partial charge in [-0.05, 0) is 48.7 Å². The smallest absolute Gasteiger partial charge is 0.269 e. The molecular weight excluding hydrogens is 412 g/mol. The molecule has 154 valence electrons. The standard InChI is InChI=1S/C22H18ClF2N3O2/c1-14(3-2-8-30-21-5-4-15(13-26)9-19(21)23)22(29)28-20(6-7-27-28)16-10-17(24)12-18(25)11-16/h4-5,7,9-12,20H,1-3,6,8H2. The summed E-state index contributed by atoms with van der Waals surface area (Å²) in [6, 6.07) is 9.32. The van der Waals surface area contributed by atoms with E-state index in [1.54, 1.807) is 12.1 Å². The summed E-state index contributed by atoms with van der Waals surface area (Å²) in [5.41, 5.74) is 1.08. The molecule has 5 nitrogen and oxygen atoms in total. The Labute approximate surface area is 177 Å². The van der Waals surface area contributed by atoms with Crippen LogP contribution in [-0.4, -0.2) is 23.7 Å². The lowest BCUT2D eigenvalue weighted by Crippen LogP contribution is -2.28. The first-order valence-corrected chi connectivity index (χ1v) is 9.59. The maximum Gasteiger partial charge on any atom is 0.269 e. The molecule has 1 amide bonds. The van der Waals surface area contributed by atoms with Gasteiger partial charge in [0.2, 0.25) is 0 Å². The Bertz CT molecular complexity index is 1030. The molecule has 1 unspecified atom stereocenters. The third-order valence-electron chi connectivity index (χ3n) is 4.55. The predicted octanol–water partition coefficient (Wildman–Crippen LogP) is 5.16. The van der Waals surface area contributed by atoms with Crippen LogP contribution in [0.25, 0.3) is 0 Å². The van der Waals surface area contributed by atoms with Crippen LogP contribution in [0.3, 0.4) is 0 Å². The number of hydrazone groups is 1. The Morgan fingerprint density at radius 2 is 2.03 bits per heavy atom. The molecule has 0 radical (unpaired) electrons. The van der Waals surface area contributed by atoms with Crippen LogP contribution in [0.2, 0.25) is 5.02 Å². The van der Waals surface area contributed by atoms with E-state index in [2.05, 4.69) is 11.7 Å². The summed E-state index contributed by atoms with van der Waals surface area (Å²) < 4.78 is 32.7. The van der Waals surface area contributed by atoms with E-state index >= 15 is 0 Å². The fourth-order valence-electron chi connectivity index (χ4n) is 3.08. The van der Waals surface area contributed by atoms with Crippen LogP contribution < -0.4 is 4.74 Å². The summed E-state index contributed by atoms with van der Waals surface area (Å²) in [5, 5.41) is 14.4. The number of amides is 1. The first kappa shape index (κ1) is 21.5. The third-order valence-corrected chi connectivity index (χ3v) is 4.85. The molecule has 1 atom stereocenters. The molecule has 2 aromatic carbocycles. The zero-order valence-electron chi connectivity index (χ0n) is 15.9. The van der Waals surface area contributed by atoms with Crippen molar-refractivity contribution in [3.05, 3.63) is 76.3 Å². The van der Waals surface area contributed by atoms with Crippen LogP contribution in [0.4, 0.5) is 8.78 Å². The maximum absolute atomic E-state index is 13.5. The number of carbonyl (C=O) groups is 1. The number of carbonyl (C=O) groups excluding carboxylic acids is 1. The number of hydrogen-bond donors (Lipinski definition) is 0. The SMILES string of the molecule is C=C(CCCOc1ccc(C#N)cc1Cl)C(=O)N1N=CCC1c1cc(F)cc(F)c1. The summed E-state index contributed by atoms with van der Waals surface area (Å²) in [6.45, 7) is 4.11. The molecule has 0 fully saturated rings. The number of hydrogen-bond acceptors (Lipinski definition) is 4. The molecule has 0 saturated carbocycles. The predicted molar refractivity (Wildman–Crippen MR) is 109 cm³/mol. The second-order valence-electron chi connectivity index (χ2n) is 6.71. The number of halogens is 3. The van der Waals surface area contributed by atoms with Crippen LogP contribution in [0.1, 0.15) is 36.4 Å². The Kier molecular flexibility index (Phi) is 6.80. The zero-order valence-corrected chi connectivity index (χ0v) is 16.7. The van der Waals surface area contributed by atoms with E-state index in [9.17, 15) is 13.6 Å². The van der Waals surface area contributed by atoms with Gasteiger partial charge in [-0.15, -0.1) is 0 Å². The maximum atomic E-state index is 13.5. The van der Waals surface area contributed by atoms with Crippen LogP contribution in [0.5, 0.6) is 5.75 Å². The topological polar surface area (TPSA) is 65.7 Å². The highest BCUT2D eigenvalue weighted by atomic mass is 35.5. The molecule has 1 aliphatic heterocycles. The van der Waals surface area contributed by atoms with Crippen LogP contribution in [0.15, 0.2) is 53.7 Å². The molecule has 1 aliphatic rings. The van der Waals surface area contributed by atoms with Gasteiger partial charge in [-0.2, -0.15) is 10.4 Å². The average Bonchev–Trinajstić information content (AvgIpc) is 3.20. The molecule has 0 bridgehead atoms. The quantitative estimate of drug-likeness (QED) is 0.450. The fourth-order valence-corrected chi connectivity index (χ4v) is 3.31.